The SMILES string of the molecule is CCCCC1=C(C)c2cc3[n-]c(cc4nc(cc5[n-]c(cc1n2)c(C)c5CCCC)C(C)=C4CCC(C)=O)c(C)c3CCC(C)=O.CCCCC1=C(C)c2cc3[nH]c(cc4nc(cc5[n-]c(cc1n2)c(C)c5CCCC)C(C)=C4CCC(C)=O)c(C)c3CCC(C)=O.[Pd].[Pt+2]. The molecule has 502 valence electrons. The number of rotatable bonds is 24. The Balaban J connectivity index is 0.000000260. The maximum atomic E-state index is 12.1. The molecule has 0 radical (unpaired) electrons. The van der Waals surface area contributed by atoms with Crippen molar-refractivity contribution in [3.63, 3.8) is 0 Å². The Hall–Kier alpha value is -6.77. The molecular weight excluding hydrogens is 1440 g/mol. The maximum absolute atomic E-state index is 12.1. The van der Waals surface area contributed by atoms with Gasteiger partial charge in [0.2, 0.25) is 0 Å². The molecule has 0 saturated heterocycles. The van der Waals surface area contributed by atoms with Gasteiger partial charge < -0.3 is 39.1 Å². The van der Waals surface area contributed by atoms with E-state index in [1.165, 1.54) is 44.5 Å². The van der Waals surface area contributed by atoms with E-state index in [0.717, 1.165) is 211 Å². The fourth-order valence-electron chi connectivity index (χ4n) is 13.4. The first-order valence-electron chi connectivity index (χ1n) is 34.1. The molecule has 0 spiro atoms. The zero-order chi connectivity index (χ0) is 66.2. The summed E-state index contributed by atoms with van der Waals surface area (Å²) in [4.78, 5) is 88.4. The quantitative estimate of drug-likeness (QED) is 0.0570. The molecule has 10 heterocycles. The number of allylic oxidation sites excluding steroid dienone is 8. The molecule has 6 aromatic rings. The van der Waals surface area contributed by atoms with E-state index in [1.807, 2.05) is 0 Å². The number of nitrogens with zero attached hydrogens (tertiary/aromatic N) is 7. The molecule has 4 aliphatic heterocycles. The van der Waals surface area contributed by atoms with Crippen molar-refractivity contribution in [2.75, 3.05) is 0 Å². The molecule has 0 aliphatic carbocycles. The van der Waals surface area contributed by atoms with Gasteiger partial charge in [-0.25, -0.2) is 19.9 Å². The zero-order valence-electron chi connectivity index (χ0n) is 58.7. The Morgan fingerprint density at radius 2 is 0.596 bits per heavy atom. The predicted molar refractivity (Wildman–Crippen MR) is 382 cm³/mol. The monoisotopic (exact) mass is 1530 g/mol. The normalized spacial score (nSPS) is 12.9. The van der Waals surface area contributed by atoms with Gasteiger partial charge in [-0.3, -0.25) is 0 Å². The molecule has 12 nitrogen and oxygen atoms in total. The molecule has 0 fully saturated rings. The van der Waals surface area contributed by atoms with Crippen molar-refractivity contribution in [2.45, 2.75) is 239 Å². The van der Waals surface area contributed by atoms with Crippen LogP contribution < -0.4 is 15.0 Å². The molecule has 94 heavy (non-hydrogen) atoms. The van der Waals surface area contributed by atoms with Gasteiger partial charge in [0, 0.05) is 57.1 Å². The second-order valence-electron chi connectivity index (χ2n) is 26.3. The average Bonchev–Trinajstić information content (AvgIpc) is 1.63. The van der Waals surface area contributed by atoms with Crippen LogP contribution in [0.5, 0.6) is 0 Å². The van der Waals surface area contributed by atoms with Crippen LogP contribution in [0.3, 0.4) is 0 Å². The number of carbonyl (C=O) groups is 4. The van der Waals surface area contributed by atoms with Gasteiger partial charge in [0.15, 0.2) is 0 Å². The van der Waals surface area contributed by atoms with Crippen LogP contribution in [0.2, 0.25) is 0 Å². The first-order chi connectivity index (χ1) is 44.0. The number of carbonyl (C=O) groups excluding carboxylic acids is 4. The minimum Gasteiger partial charge on any atom is -0.657 e. The summed E-state index contributed by atoms with van der Waals surface area (Å²) in [7, 11) is 0. The number of fused-ring (bicyclic) bond motifs is 16. The van der Waals surface area contributed by atoms with Gasteiger partial charge in [-0.2, -0.15) is 0 Å². The smallest absolute Gasteiger partial charge is 0.657 e. The summed E-state index contributed by atoms with van der Waals surface area (Å²) >= 11 is 0. The van der Waals surface area contributed by atoms with E-state index in [-0.39, 0.29) is 64.6 Å². The van der Waals surface area contributed by atoms with Crippen molar-refractivity contribution in [1.29, 1.82) is 0 Å². The van der Waals surface area contributed by atoms with Gasteiger partial charge in [0.05, 0.1) is 45.6 Å². The van der Waals surface area contributed by atoms with E-state index in [1.54, 1.807) is 27.7 Å². The number of unbranched alkanes of at least 4 members (excludes halogenated alkanes) is 4. The van der Waals surface area contributed by atoms with Gasteiger partial charge in [-0.05, 0) is 228 Å². The van der Waals surface area contributed by atoms with Crippen molar-refractivity contribution in [3.05, 3.63) is 139 Å². The van der Waals surface area contributed by atoms with Crippen LogP contribution in [-0.4, -0.2) is 48.1 Å². The van der Waals surface area contributed by atoms with Gasteiger partial charge in [-0.15, -0.1) is 33.1 Å². The summed E-state index contributed by atoms with van der Waals surface area (Å²) in [6.07, 6.45) is 17.1. The van der Waals surface area contributed by atoms with Gasteiger partial charge in [-0.1, -0.05) is 123 Å². The first-order valence-corrected chi connectivity index (χ1v) is 34.1. The second-order valence-corrected chi connectivity index (χ2v) is 26.3. The molecule has 0 saturated carbocycles. The Bertz CT molecular complexity index is 4120. The topological polar surface area (TPSA) is 178 Å². The molecule has 4 aliphatic rings. The maximum Gasteiger partial charge on any atom is 2.00 e. The van der Waals surface area contributed by atoms with Gasteiger partial charge in [0.25, 0.3) is 0 Å². The zero-order valence-corrected chi connectivity index (χ0v) is 62.5. The number of hydrogen-bond acceptors (Lipinski definition) is 8. The molecule has 14 heteroatoms. The molecule has 16 bridgehead atoms. The summed E-state index contributed by atoms with van der Waals surface area (Å²) in [5.41, 5.74) is 33.5. The molecule has 0 amide bonds. The van der Waals surface area contributed by atoms with Crippen LogP contribution in [-0.2, 0) is 86.3 Å². The molecule has 1 N–H and O–H groups in total. The number of Topliss-reactive ketones (excluding diaryl/α,β-unsaturated/α-hetero) is 4. The fourth-order valence-corrected chi connectivity index (χ4v) is 13.4. The third-order valence-electron chi connectivity index (χ3n) is 19.4. The number of aryl methyl sites for hydroxylation is 8. The van der Waals surface area contributed by atoms with E-state index in [0.29, 0.717) is 51.4 Å². The molecule has 0 unspecified atom stereocenters. The third kappa shape index (κ3) is 16.9. The summed E-state index contributed by atoms with van der Waals surface area (Å²) in [6, 6.07) is 17.1. The number of ketones is 4. The van der Waals surface area contributed by atoms with E-state index in [9.17, 15) is 19.2 Å². The summed E-state index contributed by atoms with van der Waals surface area (Å²) in [5.74, 6) is 0.658. The number of aromatic amines is 1. The van der Waals surface area contributed by atoms with Crippen molar-refractivity contribution in [2.24, 2.45) is 0 Å². The summed E-state index contributed by atoms with van der Waals surface area (Å²) in [6.45, 7) is 32.7. The standard InChI is InChI=1S/C40H49N4O2.C40H48N4O2.Pd.Pt/c2*1-9-11-13-29-25(5)33-19-37-30(14-12-10-2)26(6)34(42-37)21-39-32(18-16-24(4)46)28(8)36(44-39)22-40-31(17-15-23(3)45)27(7)35(43-40)20-38(29)41-33;;/h19-22H,9-18H2,1-8H3,(H-,41,42,43,44);19-22H,9-18H2,1-8H3;;/q-1;-2;;+2. The Morgan fingerprint density at radius 3 is 0.936 bits per heavy atom. The number of aromatic nitrogens is 8. The molecular formula is C80H97N8O4PdPt-. The molecule has 6 aromatic heterocycles. The van der Waals surface area contributed by atoms with Crippen LogP contribution in [0.15, 0.2) is 48.5 Å². The number of nitrogens with one attached hydrogen (secondary N) is 1. The number of H-pyrrole nitrogens is 1. The first kappa shape index (κ1) is 74.6. The van der Waals surface area contributed by atoms with Gasteiger partial charge >= 0.3 is 21.1 Å². The van der Waals surface area contributed by atoms with Crippen LogP contribution in [0.4, 0.5) is 0 Å². The van der Waals surface area contributed by atoms with Crippen molar-refractivity contribution < 1.29 is 60.7 Å². The molecule has 0 aromatic carbocycles. The van der Waals surface area contributed by atoms with Crippen LogP contribution >= 0.6 is 0 Å². The van der Waals surface area contributed by atoms with E-state index < -0.39 is 0 Å². The minimum atomic E-state index is 0. The minimum absolute atomic E-state index is 0. The Morgan fingerprint density at radius 1 is 0.330 bits per heavy atom. The summed E-state index contributed by atoms with van der Waals surface area (Å²) < 4.78 is 0. The van der Waals surface area contributed by atoms with Gasteiger partial charge in [0.1, 0.15) is 23.1 Å². The Kier molecular flexibility index (Phi) is 26.4. The largest absolute Gasteiger partial charge is 2.00 e. The van der Waals surface area contributed by atoms with E-state index in [2.05, 4.69) is 137 Å². The third-order valence-corrected chi connectivity index (χ3v) is 19.4. The average molecular weight is 1540 g/mol. The van der Waals surface area contributed by atoms with Crippen LogP contribution in [0.1, 0.15) is 276 Å². The summed E-state index contributed by atoms with van der Waals surface area (Å²) in [5, 5.41) is 0. The van der Waals surface area contributed by atoms with E-state index >= 15 is 0 Å². The fraction of sp³-hybridized carbons (Fsp3) is 0.450. The Labute approximate surface area is 586 Å². The second kappa shape index (κ2) is 33.3. The number of hydrogen-bond donors (Lipinski definition) is 1. The van der Waals surface area contributed by atoms with Crippen molar-refractivity contribution in [1.82, 2.24) is 39.9 Å². The van der Waals surface area contributed by atoms with Crippen molar-refractivity contribution >= 4 is 112 Å². The predicted octanol–water partition coefficient (Wildman–Crippen LogP) is 19.3. The van der Waals surface area contributed by atoms with Crippen LogP contribution in [0.25, 0.3) is 88.7 Å². The molecule has 10 rings (SSSR count). The molecule has 0 atom stereocenters. The van der Waals surface area contributed by atoms with E-state index in [4.69, 9.17) is 34.9 Å². The van der Waals surface area contributed by atoms with Crippen LogP contribution in [0, 0.1) is 27.7 Å². The van der Waals surface area contributed by atoms with Crippen molar-refractivity contribution in [3.8, 4) is 0 Å².